The number of halogens is 3. The summed E-state index contributed by atoms with van der Waals surface area (Å²) in [5.41, 5.74) is 4.93. The van der Waals surface area contributed by atoms with Crippen LogP contribution >= 0.6 is 34.8 Å². The quantitative estimate of drug-likeness (QED) is 0.136. The molecule has 5 heterocycles. The van der Waals surface area contributed by atoms with Crippen LogP contribution in [0.15, 0.2) is 97.7 Å². The highest BCUT2D eigenvalue weighted by Crippen LogP contribution is 2.12. The van der Waals surface area contributed by atoms with E-state index < -0.39 is 0 Å². The fraction of sp³-hybridized carbons (Fsp3) is 0.297. The third kappa shape index (κ3) is 21.0. The number of hydrogen-bond acceptors (Lipinski definition) is 11. The van der Waals surface area contributed by atoms with Crippen molar-refractivity contribution < 1.29 is 23.7 Å². The molecule has 0 aliphatic rings. The second-order valence-corrected chi connectivity index (χ2v) is 11.2. The summed E-state index contributed by atoms with van der Waals surface area (Å²) in [6, 6.07) is 22.0. The summed E-state index contributed by atoms with van der Waals surface area (Å²) < 4.78 is 24.5. The Morgan fingerprint density at radius 2 is 1.24 bits per heavy atom. The molecule has 1 atom stereocenters. The summed E-state index contributed by atoms with van der Waals surface area (Å²) in [7, 11) is 8.17. The molecule has 0 aliphatic heterocycles. The van der Waals surface area contributed by atoms with Crippen LogP contribution in [0.1, 0.15) is 47.1 Å². The van der Waals surface area contributed by atoms with Crippen LogP contribution < -0.4 is 0 Å². The molecule has 272 valence electrons. The van der Waals surface area contributed by atoms with Crippen LogP contribution in [0.4, 0.5) is 0 Å². The number of rotatable bonds is 10. The Balaban J connectivity index is 0.000000319. The number of hydrogen-bond donors (Lipinski definition) is 0. The Morgan fingerprint density at radius 3 is 1.73 bits per heavy atom. The van der Waals surface area contributed by atoms with Gasteiger partial charge in [-0.15, -0.1) is 0 Å². The highest BCUT2D eigenvalue weighted by Gasteiger charge is 2.01. The third-order valence-corrected chi connectivity index (χ3v) is 6.77. The second-order valence-electron chi connectivity index (χ2n) is 9.88. The molecule has 14 heteroatoms. The minimum Gasteiger partial charge on any atom is -0.378 e. The van der Waals surface area contributed by atoms with Gasteiger partial charge in [-0.1, -0.05) is 40.9 Å². The van der Waals surface area contributed by atoms with E-state index in [9.17, 15) is 0 Å². The van der Waals surface area contributed by atoms with E-state index in [2.05, 4.69) is 24.9 Å². The molecular formula is C37H43Cl3N6O5. The van der Waals surface area contributed by atoms with Crippen molar-refractivity contribution >= 4 is 34.8 Å². The first-order valence-electron chi connectivity index (χ1n) is 15.3. The number of methoxy groups -OCH3 is 5. The number of aromatic nitrogens is 5. The summed E-state index contributed by atoms with van der Waals surface area (Å²) >= 11 is 17.1. The first kappa shape index (κ1) is 44.9. The van der Waals surface area contributed by atoms with Gasteiger partial charge < -0.3 is 23.7 Å². The van der Waals surface area contributed by atoms with Crippen molar-refractivity contribution in [3.63, 3.8) is 0 Å². The zero-order valence-electron chi connectivity index (χ0n) is 29.5. The van der Waals surface area contributed by atoms with E-state index in [4.69, 9.17) is 63.7 Å². The monoisotopic (exact) mass is 756 g/mol. The predicted octanol–water partition coefficient (Wildman–Crippen LogP) is 8.53. The van der Waals surface area contributed by atoms with E-state index in [0.717, 1.165) is 28.5 Å². The average molecular weight is 758 g/mol. The molecule has 5 aromatic heterocycles. The highest BCUT2D eigenvalue weighted by atomic mass is 35.5. The summed E-state index contributed by atoms with van der Waals surface area (Å²) in [6.45, 7) is 3.99. The van der Waals surface area contributed by atoms with E-state index in [0.29, 0.717) is 47.1 Å². The third-order valence-electron chi connectivity index (χ3n) is 5.97. The van der Waals surface area contributed by atoms with Gasteiger partial charge >= 0.3 is 0 Å². The van der Waals surface area contributed by atoms with Crippen LogP contribution in [-0.2, 0) is 50.1 Å². The maximum atomic E-state index is 8.44. The molecular weight excluding hydrogens is 715 g/mol. The Bertz CT molecular complexity index is 1650. The van der Waals surface area contributed by atoms with Gasteiger partial charge in [-0.2, -0.15) is 5.26 Å². The second kappa shape index (κ2) is 28.6. The van der Waals surface area contributed by atoms with Crippen molar-refractivity contribution in [3.8, 4) is 6.07 Å². The zero-order chi connectivity index (χ0) is 37.7. The normalized spacial score (nSPS) is 10.3. The van der Waals surface area contributed by atoms with E-state index in [1.54, 1.807) is 103 Å². The molecule has 0 N–H and O–H groups in total. The Morgan fingerprint density at radius 1 is 0.608 bits per heavy atom. The molecule has 0 bridgehead atoms. The molecule has 0 saturated heterocycles. The van der Waals surface area contributed by atoms with Gasteiger partial charge in [-0.25, -0.2) is 0 Å². The van der Waals surface area contributed by atoms with E-state index in [-0.39, 0.29) is 6.10 Å². The smallest absolute Gasteiger partial charge is 0.101 e. The minimum atomic E-state index is 0.0983. The molecule has 0 fully saturated rings. The Kier molecular flexibility index (Phi) is 25.2. The molecule has 51 heavy (non-hydrogen) atoms. The standard InChI is InChI=1S/C8H8N2O.C8H11NO.3C7H8ClNO/c1-11-6-8-3-2-7(4-9)5-10-8;1-7(10-2)8-5-3-4-6-9-8;1-10-5-7-4-6(8)2-3-9-7;1-10-5-7-3-2-6(8)4-9-7;1-10-5-7-6(8)3-2-4-9-7/h2-3,5H,6H2,1H3;3-7H,1-2H3;3*2-4H,5H2,1H3. The van der Waals surface area contributed by atoms with E-state index in [1.165, 1.54) is 6.20 Å². The van der Waals surface area contributed by atoms with Crippen LogP contribution in [0.5, 0.6) is 0 Å². The number of ether oxygens (including phenoxy) is 5. The van der Waals surface area contributed by atoms with Crippen LogP contribution in [0.25, 0.3) is 0 Å². The molecule has 5 aromatic rings. The zero-order valence-corrected chi connectivity index (χ0v) is 31.8. The van der Waals surface area contributed by atoms with Gasteiger partial charge in [0.1, 0.15) is 6.07 Å². The summed E-state index contributed by atoms with van der Waals surface area (Å²) in [6.07, 6.45) is 8.37. The fourth-order valence-electron chi connectivity index (χ4n) is 3.44. The average Bonchev–Trinajstić information content (AvgIpc) is 3.15. The van der Waals surface area contributed by atoms with Crippen molar-refractivity contribution in [3.05, 3.63) is 147 Å². The summed E-state index contributed by atoms with van der Waals surface area (Å²) in [4.78, 5) is 20.2. The molecule has 11 nitrogen and oxygen atoms in total. The van der Waals surface area contributed by atoms with Gasteiger partial charge in [0.05, 0.1) is 76.6 Å². The minimum absolute atomic E-state index is 0.0983. The molecule has 0 aliphatic carbocycles. The lowest BCUT2D eigenvalue weighted by Gasteiger charge is -2.06. The van der Waals surface area contributed by atoms with E-state index in [1.807, 2.05) is 37.3 Å². The number of nitrogens with zero attached hydrogens (tertiary/aromatic N) is 6. The highest BCUT2D eigenvalue weighted by molar-refractivity contribution is 6.31. The van der Waals surface area contributed by atoms with Crippen LogP contribution in [-0.4, -0.2) is 60.5 Å². The predicted molar refractivity (Wildman–Crippen MR) is 199 cm³/mol. The molecule has 1 unspecified atom stereocenters. The van der Waals surface area contributed by atoms with Crippen LogP contribution in [0, 0.1) is 11.3 Å². The van der Waals surface area contributed by atoms with Gasteiger partial charge in [-0.3, -0.25) is 24.9 Å². The fourth-order valence-corrected chi connectivity index (χ4v) is 3.91. The Hall–Kier alpha value is -4.09. The SMILES string of the molecule is COC(C)c1ccccn1.COCc1cc(Cl)ccn1.COCc1ccc(C#N)cn1.COCc1ccc(Cl)cn1.COCc1ncccc1Cl. The van der Waals surface area contributed by atoms with Crippen molar-refractivity contribution in [2.24, 2.45) is 0 Å². The van der Waals surface area contributed by atoms with Gasteiger partial charge in [0.2, 0.25) is 0 Å². The lowest BCUT2D eigenvalue weighted by molar-refractivity contribution is 0.116. The molecule has 0 spiro atoms. The van der Waals surface area contributed by atoms with Crippen molar-refractivity contribution in [1.29, 1.82) is 5.26 Å². The molecule has 0 amide bonds. The largest absolute Gasteiger partial charge is 0.378 e. The van der Waals surface area contributed by atoms with Crippen molar-refractivity contribution in [1.82, 2.24) is 24.9 Å². The maximum absolute atomic E-state index is 8.44. The molecule has 5 rings (SSSR count). The lowest BCUT2D eigenvalue weighted by Crippen LogP contribution is -1.97. The topological polar surface area (TPSA) is 134 Å². The maximum Gasteiger partial charge on any atom is 0.101 e. The first-order chi connectivity index (χ1) is 24.7. The van der Waals surface area contributed by atoms with Gasteiger partial charge in [-0.05, 0) is 67.6 Å². The van der Waals surface area contributed by atoms with E-state index >= 15 is 0 Å². The first-order valence-corrected chi connectivity index (χ1v) is 16.4. The summed E-state index contributed by atoms with van der Waals surface area (Å²) in [5, 5.41) is 10.4. The molecule has 0 saturated carbocycles. The lowest BCUT2D eigenvalue weighted by atomic mass is 10.2. The van der Waals surface area contributed by atoms with Crippen molar-refractivity contribution in [2.45, 2.75) is 39.5 Å². The van der Waals surface area contributed by atoms with Gasteiger partial charge in [0.25, 0.3) is 0 Å². The number of pyridine rings is 5. The van der Waals surface area contributed by atoms with Gasteiger partial charge in [0.15, 0.2) is 0 Å². The van der Waals surface area contributed by atoms with Crippen LogP contribution in [0.2, 0.25) is 15.1 Å². The molecule has 0 radical (unpaired) electrons. The van der Waals surface area contributed by atoms with Crippen molar-refractivity contribution in [2.75, 3.05) is 35.5 Å². The van der Waals surface area contributed by atoms with Gasteiger partial charge in [0, 0.05) is 71.6 Å². The Labute approximate surface area is 315 Å². The molecule has 0 aromatic carbocycles. The van der Waals surface area contributed by atoms with Crippen LogP contribution in [0.3, 0.4) is 0 Å². The summed E-state index contributed by atoms with van der Waals surface area (Å²) in [5.74, 6) is 0. The number of nitriles is 1.